The fourth-order valence-electron chi connectivity index (χ4n) is 2.81. The Hall–Kier alpha value is -2.75. The molecule has 0 spiro atoms. The van der Waals surface area contributed by atoms with E-state index in [4.69, 9.17) is 9.78 Å². The van der Waals surface area contributed by atoms with Crippen molar-refractivity contribution in [3.8, 4) is 6.07 Å². The quantitative estimate of drug-likeness (QED) is 0.841. The summed E-state index contributed by atoms with van der Waals surface area (Å²) in [6, 6.07) is 5.30. The summed E-state index contributed by atoms with van der Waals surface area (Å²) in [5, 5.41) is 12.9. The summed E-state index contributed by atoms with van der Waals surface area (Å²) in [7, 11) is 0. The number of hydrogen-bond donors (Lipinski definition) is 0. The number of piperidine rings is 1. The van der Waals surface area contributed by atoms with E-state index in [0.29, 0.717) is 41.8 Å². The van der Waals surface area contributed by atoms with E-state index in [2.05, 4.69) is 21.2 Å². The molecular formula is C16H17N5O2. The maximum atomic E-state index is 12.6. The van der Waals surface area contributed by atoms with E-state index < -0.39 is 0 Å². The average Bonchev–Trinajstić information content (AvgIpc) is 3.01. The number of pyridine rings is 1. The number of nitriles is 1. The van der Waals surface area contributed by atoms with Crippen molar-refractivity contribution in [3.05, 3.63) is 40.8 Å². The Morgan fingerprint density at radius 2 is 2.22 bits per heavy atom. The third-order valence-corrected chi connectivity index (χ3v) is 4.04. The average molecular weight is 311 g/mol. The van der Waals surface area contributed by atoms with Gasteiger partial charge in [-0.25, -0.2) is 4.98 Å². The summed E-state index contributed by atoms with van der Waals surface area (Å²) in [6.07, 6.45) is 1.82. The third kappa shape index (κ3) is 3.06. The largest absolute Gasteiger partial charge is 0.340 e. The molecule has 2 aromatic heterocycles. The van der Waals surface area contributed by atoms with Crippen LogP contribution in [0.25, 0.3) is 0 Å². The molecule has 1 fully saturated rings. The van der Waals surface area contributed by atoms with Gasteiger partial charge in [0.2, 0.25) is 5.89 Å². The Balaban J connectivity index is 1.77. The first-order valence-corrected chi connectivity index (χ1v) is 7.55. The van der Waals surface area contributed by atoms with Crippen LogP contribution in [0.3, 0.4) is 0 Å². The van der Waals surface area contributed by atoms with Gasteiger partial charge in [0.1, 0.15) is 11.8 Å². The van der Waals surface area contributed by atoms with E-state index in [1.165, 1.54) is 0 Å². The van der Waals surface area contributed by atoms with Gasteiger partial charge in [-0.2, -0.15) is 10.2 Å². The molecule has 0 aliphatic carbocycles. The molecule has 1 aliphatic rings. The minimum absolute atomic E-state index is 0.0876. The predicted molar refractivity (Wildman–Crippen MR) is 80.6 cm³/mol. The van der Waals surface area contributed by atoms with Crippen LogP contribution in [-0.2, 0) is 0 Å². The van der Waals surface area contributed by atoms with Crippen LogP contribution in [-0.4, -0.2) is 39.0 Å². The molecule has 23 heavy (non-hydrogen) atoms. The molecule has 7 heteroatoms. The highest BCUT2D eigenvalue weighted by Crippen LogP contribution is 2.25. The second-order valence-electron chi connectivity index (χ2n) is 5.70. The summed E-state index contributed by atoms with van der Waals surface area (Å²) < 4.78 is 5.03. The van der Waals surface area contributed by atoms with Crippen LogP contribution in [0, 0.1) is 25.2 Å². The van der Waals surface area contributed by atoms with Crippen molar-refractivity contribution in [1.29, 1.82) is 5.26 Å². The number of aryl methyl sites for hydroxylation is 2. The highest BCUT2D eigenvalue weighted by atomic mass is 16.5. The molecule has 2 aromatic rings. The Morgan fingerprint density at radius 1 is 1.39 bits per heavy atom. The lowest BCUT2D eigenvalue weighted by Gasteiger charge is -2.31. The van der Waals surface area contributed by atoms with E-state index in [1.54, 1.807) is 30.9 Å². The number of amides is 1. The van der Waals surface area contributed by atoms with Crippen LogP contribution >= 0.6 is 0 Å². The lowest BCUT2D eigenvalue weighted by Crippen LogP contribution is -2.39. The number of aromatic nitrogens is 3. The lowest BCUT2D eigenvalue weighted by molar-refractivity contribution is 0.0697. The molecule has 0 radical (unpaired) electrons. The van der Waals surface area contributed by atoms with Crippen molar-refractivity contribution >= 4 is 5.91 Å². The standard InChI is InChI=1S/C16H17N5O2/c1-10-12(8-17)5-6-14(18-10)16(22)21-7-3-4-13(9-21)15-19-11(2)23-20-15/h5-6,13H,3-4,7,9H2,1-2H3/t13-/m0/s1. The molecule has 0 bridgehead atoms. The van der Waals surface area contributed by atoms with Gasteiger partial charge in [-0.15, -0.1) is 0 Å². The molecule has 3 rings (SSSR count). The zero-order chi connectivity index (χ0) is 16.4. The van der Waals surface area contributed by atoms with Crippen molar-refractivity contribution in [3.63, 3.8) is 0 Å². The van der Waals surface area contributed by atoms with Gasteiger partial charge >= 0.3 is 0 Å². The molecule has 1 atom stereocenters. The maximum absolute atomic E-state index is 12.6. The number of nitrogens with zero attached hydrogens (tertiary/aromatic N) is 5. The summed E-state index contributed by atoms with van der Waals surface area (Å²) >= 11 is 0. The lowest BCUT2D eigenvalue weighted by atomic mass is 9.97. The third-order valence-electron chi connectivity index (χ3n) is 4.04. The van der Waals surface area contributed by atoms with Crippen LogP contribution in [0.5, 0.6) is 0 Å². The monoisotopic (exact) mass is 311 g/mol. The Morgan fingerprint density at radius 3 is 2.87 bits per heavy atom. The van der Waals surface area contributed by atoms with Crippen molar-refractivity contribution in [2.75, 3.05) is 13.1 Å². The summed E-state index contributed by atoms with van der Waals surface area (Å²) in [4.78, 5) is 22.9. The van der Waals surface area contributed by atoms with Gasteiger partial charge in [-0.05, 0) is 31.9 Å². The molecule has 0 saturated carbocycles. The molecule has 0 unspecified atom stereocenters. The van der Waals surface area contributed by atoms with Crippen molar-refractivity contribution in [2.24, 2.45) is 0 Å². The van der Waals surface area contributed by atoms with Crippen molar-refractivity contribution in [2.45, 2.75) is 32.6 Å². The number of carbonyl (C=O) groups excluding carboxylic acids is 1. The topological polar surface area (TPSA) is 95.9 Å². The van der Waals surface area contributed by atoms with E-state index in [-0.39, 0.29) is 11.8 Å². The molecule has 1 amide bonds. The second-order valence-corrected chi connectivity index (χ2v) is 5.70. The molecule has 1 aliphatic heterocycles. The smallest absolute Gasteiger partial charge is 0.272 e. The normalized spacial score (nSPS) is 17.8. The van der Waals surface area contributed by atoms with Crippen LogP contribution in [0.15, 0.2) is 16.7 Å². The van der Waals surface area contributed by atoms with E-state index in [9.17, 15) is 4.79 Å². The first-order chi connectivity index (χ1) is 11.1. The molecular weight excluding hydrogens is 294 g/mol. The SMILES string of the molecule is Cc1nc([C@H]2CCCN(C(=O)c3ccc(C#N)c(C)n3)C2)no1. The second kappa shape index (κ2) is 6.16. The van der Waals surface area contributed by atoms with Crippen molar-refractivity contribution < 1.29 is 9.32 Å². The van der Waals surface area contributed by atoms with Gasteiger partial charge in [-0.3, -0.25) is 4.79 Å². The zero-order valence-electron chi connectivity index (χ0n) is 13.1. The zero-order valence-corrected chi connectivity index (χ0v) is 13.1. The van der Waals surface area contributed by atoms with Crippen molar-refractivity contribution in [1.82, 2.24) is 20.0 Å². The van der Waals surface area contributed by atoms with Crippen LogP contribution in [0.1, 0.15) is 52.2 Å². The molecule has 0 N–H and O–H groups in total. The van der Waals surface area contributed by atoms with Crippen LogP contribution in [0.2, 0.25) is 0 Å². The van der Waals surface area contributed by atoms with Crippen LogP contribution < -0.4 is 0 Å². The first-order valence-electron chi connectivity index (χ1n) is 7.55. The molecule has 118 valence electrons. The number of carbonyl (C=O) groups is 1. The minimum atomic E-state index is -0.123. The van der Waals surface area contributed by atoms with Gasteiger partial charge in [0.05, 0.1) is 11.3 Å². The fraction of sp³-hybridized carbons (Fsp3) is 0.438. The van der Waals surface area contributed by atoms with Crippen LogP contribution in [0.4, 0.5) is 0 Å². The Kier molecular flexibility index (Phi) is 4.06. The highest BCUT2D eigenvalue weighted by Gasteiger charge is 2.28. The Bertz CT molecular complexity index is 777. The maximum Gasteiger partial charge on any atom is 0.272 e. The van der Waals surface area contributed by atoms with Gasteiger partial charge in [-0.1, -0.05) is 5.16 Å². The van der Waals surface area contributed by atoms with Gasteiger partial charge in [0.15, 0.2) is 5.82 Å². The van der Waals surface area contributed by atoms with E-state index in [0.717, 1.165) is 12.8 Å². The number of rotatable bonds is 2. The highest BCUT2D eigenvalue weighted by molar-refractivity contribution is 5.92. The first kappa shape index (κ1) is 15.2. The number of hydrogen-bond acceptors (Lipinski definition) is 6. The fourth-order valence-corrected chi connectivity index (χ4v) is 2.81. The Labute approximate surface area is 133 Å². The number of likely N-dealkylation sites (tertiary alicyclic amines) is 1. The predicted octanol–water partition coefficient (Wildman–Crippen LogP) is 1.97. The molecule has 1 saturated heterocycles. The van der Waals surface area contributed by atoms with E-state index >= 15 is 0 Å². The van der Waals surface area contributed by atoms with Gasteiger partial charge in [0, 0.05) is 25.9 Å². The van der Waals surface area contributed by atoms with E-state index in [1.807, 2.05) is 0 Å². The summed E-state index contributed by atoms with van der Waals surface area (Å²) in [5.74, 6) is 1.16. The summed E-state index contributed by atoms with van der Waals surface area (Å²) in [5.41, 5.74) is 1.42. The van der Waals surface area contributed by atoms with Gasteiger partial charge in [0.25, 0.3) is 5.91 Å². The summed E-state index contributed by atoms with van der Waals surface area (Å²) in [6.45, 7) is 4.73. The molecule has 7 nitrogen and oxygen atoms in total. The van der Waals surface area contributed by atoms with Gasteiger partial charge < -0.3 is 9.42 Å². The molecule has 0 aromatic carbocycles. The minimum Gasteiger partial charge on any atom is -0.340 e. The molecule has 3 heterocycles.